The number of hydrogen-bond acceptors (Lipinski definition) is 10. The minimum Gasteiger partial charge on any atom is -0.507 e. The van der Waals surface area contributed by atoms with Crippen molar-refractivity contribution in [1.82, 2.24) is 0 Å². The standard InChI is InChI=1S/C17H14N2O10/c1-28-16(22)12-6-10(18(24)25)4-8(14(12)20)3-9-5-11(19(26)27)7-13(15(9)21)17(23)29-2/h4-7,20-21H,3H2,1-2H3. The second kappa shape index (κ2) is 8.21. The van der Waals surface area contributed by atoms with Crippen LogP contribution < -0.4 is 0 Å². The molecule has 12 heteroatoms. The summed E-state index contributed by atoms with van der Waals surface area (Å²) >= 11 is 0. The van der Waals surface area contributed by atoms with Gasteiger partial charge < -0.3 is 19.7 Å². The number of hydrogen-bond donors (Lipinski definition) is 2. The van der Waals surface area contributed by atoms with Gasteiger partial charge in [0.05, 0.1) is 24.1 Å². The normalized spacial score (nSPS) is 10.3. The number of nitro groups is 2. The molecule has 0 unspecified atom stereocenters. The van der Waals surface area contributed by atoms with Crippen LogP contribution in [0.4, 0.5) is 11.4 Å². The van der Waals surface area contributed by atoms with E-state index in [1.54, 1.807) is 0 Å². The molecule has 0 aliphatic carbocycles. The van der Waals surface area contributed by atoms with Gasteiger partial charge in [-0.3, -0.25) is 20.2 Å². The van der Waals surface area contributed by atoms with E-state index in [1.165, 1.54) is 0 Å². The zero-order valence-electron chi connectivity index (χ0n) is 15.1. The highest BCUT2D eigenvalue weighted by molar-refractivity contribution is 5.95. The van der Waals surface area contributed by atoms with Gasteiger partial charge in [-0.15, -0.1) is 0 Å². The minimum atomic E-state index is -1.05. The Labute approximate surface area is 162 Å². The predicted octanol–water partition coefficient (Wildman–Crippen LogP) is 2.08. The van der Waals surface area contributed by atoms with Gasteiger partial charge in [0, 0.05) is 41.8 Å². The van der Waals surface area contributed by atoms with E-state index in [0.29, 0.717) is 0 Å². The number of nitro benzene ring substituents is 2. The molecule has 0 saturated carbocycles. The highest BCUT2D eigenvalue weighted by Crippen LogP contribution is 2.35. The highest BCUT2D eigenvalue weighted by atomic mass is 16.6. The van der Waals surface area contributed by atoms with Gasteiger partial charge in [-0.1, -0.05) is 0 Å². The summed E-state index contributed by atoms with van der Waals surface area (Å²) in [6.45, 7) is 0. The summed E-state index contributed by atoms with van der Waals surface area (Å²) in [5, 5.41) is 42.9. The number of nitrogens with zero attached hydrogens (tertiary/aromatic N) is 2. The molecule has 0 spiro atoms. The second-order valence-corrected chi connectivity index (χ2v) is 5.68. The summed E-state index contributed by atoms with van der Waals surface area (Å²) in [5.74, 6) is -3.45. The third-order valence-electron chi connectivity index (χ3n) is 3.96. The van der Waals surface area contributed by atoms with Gasteiger partial charge in [0.2, 0.25) is 0 Å². The molecule has 2 aromatic carbocycles. The van der Waals surface area contributed by atoms with E-state index in [-0.39, 0.29) is 11.1 Å². The summed E-state index contributed by atoms with van der Waals surface area (Å²) in [5.41, 5.74) is -2.53. The number of non-ortho nitro benzene ring substituents is 2. The van der Waals surface area contributed by atoms with E-state index in [2.05, 4.69) is 9.47 Å². The van der Waals surface area contributed by atoms with Gasteiger partial charge in [-0.05, 0) is 0 Å². The Morgan fingerprint density at radius 1 is 0.828 bits per heavy atom. The smallest absolute Gasteiger partial charge is 0.341 e. The lowest BCUT2D eigenvalue weighted by Gasteiger charge is -2.12. The highest BCUT2D eigenvalue weighted by Gasteiger charge is 2.25. The lowest BCUT2D eigenvalue weighted by Crippen LogP contribution is -2.07. The Morgan fingerprint density at radius 3 is 1.45 bits per heavy atom. The van der Waals surface area contributed by atoms with Crippen molar-refractivity contribution in [1.29, 1.82) is 0 Å². The molecule has 0 amide bonds. The lowest BCUT2D eigenvalue weighted by atomic mass is 9.97. The number of phenols is 2. The zero-order chi connectivity index (χ0) is 21.9. The van der Waals surface area contributed by atoms with Crippen LogP contribution in [0.1, 0.15) is 31.8 Å². The number of ether oxygens (including phenoxy) is 2. The van der Waals surface area contributed by atoms with E-state index >= 15 is 0 Å². The molecule has 0 heterocycles. The monoisotopic (exact) mass is 406 g/mol. The number of phenolic OH excluding ortho intramolecular Hbond substituents is 2. The van der Waals surface area contributed by atoms with Gasteiger partial charge in [-0.2, -0.15) is 0 Å². The third kappa shape index (κ3) is 4.21. The predicted molar refractivity (Wildman–Crippen MR) is 95.0 cm³/mol. The largest absolute Gasteiger partial charge is 0.507 e. The van der Waals surface area contributed by atoms with E-state index in [9.17, 15) is 40.0 Å². The number of rotatable bonds is 6. The van der Waals surface area contributed by atoms with Crippen molar-refractivity contribution in [2.75, 3.05) is 14.2 Å². The molecule has 0 saturated heterocycles. The van der Waals surface area contributed by atoms with Crippen LogP contribution in [-0.2, 0) is 15.9 Å². The van der Waals surface area contributed by atoms with E-state index in [4.69, 9.17) is 0 Å². The molecule has 0 radical (unpaired) electrons. The van der Waals surface area contributed by atoms with Crippen LogP contribution in [0.2, 0.25) is 0 Å². The Hall–Kier alpha value is -4.22. The van der Waals surface area contributed by atoms with Crippen molar-refractivity contribution >= 4 is 23.3 Å². The van der Waals surface area contributed by atoms with Gasteiger partial charge in [-0.25, -0.2) is 9.59 Å². The van der Waals surface area contributed by atoms with Crippen molar-refractivity contribution in [3.05, 3.63) is 66.7 Å². The fourth-order valence-electron chi connectivity index (χ4n) is 2.57. The van der Waals surface area contributed by atoms with Crippen LogP contribution in [0.3, 0.4) is 0 Å². The molecule has 0 aliphatic rings. The maximum Gasteiger partial charge on any atom is 0.341 e. The van der Waals surface area contributed by atoms with Crippen LogP contribution in [0, 0.1) is 20.2 Å². The van der Waals surface area contributed by atoms with Crippen molar-refractivity contribution in [2.24, 2.45) is 0 Å². The van der Waals surface area contributed by atoms with Gasteiger partial charge in [0.25, 0.3) is 11.4 Å². The first-order valence-electron chi connectivity index (χ1n) is 7.77. The van der Waals surface area contributed by atoms with E-state index in [1.807, 2.05) is 0 Å². The first kappa shape index (κ1) is 21.1. The van der Waals surface area contributed by atoms with Crippen molar-refractivity contribution in [3.8, 4) is 11.5 Å². The maximum atomic E-state index is 11.8. The van der Waals surface area contributed by atoms with E-state index in [0.717, 1.165) is 38.5 Å². The SMILES string of the molecule is COC(=O)c1cc([N+](=O)[O-])cc(Cc2cc([N+](=O)[O-])cc(C(=O)OC)c2O)c1O. The van der Waals surface area contributed by atoms with Crippen LogP contribution >= 0.6 is 0 Å². The topological polar surface area (TPSA) is 179 Å². The fourth-order valence-corrected chi connectivity index (χ4v) is 2.57. The average Bonchev–Trinajstić information content (AvgIpc) is 2.69. The Kier molecular flexibility index (Phi) is 5.97. The van der Waals surface area contributed by atoms with Gasteiger partial charge >= 0.3 is 11.9 Å². The maximum absolute atomic E-state index is 11.8. The average molecular weight is 406 g/mol. The quantitative estimate of drug-likeness (QED) is 0.409. The number of esters is 2. The number of aromatic hydroxyl groups is 2. The van der Waals surface area contributed by atoms with Crippen molar-refractivity contribution < 1.29 is 39.1 Å². The number of carbonyl (C=O) groups is 2. The molecular weight excluding hydrogens is 392 g/mol. The summed E-state index contributed by atoms with van der Waals surface area (Å²) in [7, 11) is 2.02. The van der Waals surface area contributed by atoms with Gasteiger partial charge in [0.1, 0.15) is 22.6 Å². The zero-order valence-corrected chi connectivity index (χ0v) is 15.1. The number of carbonyl (C=O) groups excluding carboxylic acids is 2. The number of methoxy groups -OCH3 is 2. The van der Waals surface area contributed by atoms with Crippen molar-refractivity contribution in [3.63, 3.8) is 0 Å². The fraction of sp³-hybridized carbons (Fsp3) is 0.176. The molecule has 152 valence electrons. The molecule has 2 N–H and O–H groups in total. The molecule has 0 fully saturated rings. The molecule has 2 aromatic rings. The molecule has 2 rings (SSSR count). The lowest BCUT2D eigenvalue weighted by molar-refractivity contribution is -0.385. The summed E-state index contributed by atoms with van der Waals surface area (Å²) in [6, 6.07) is 3.46. The molecule has 29 heavy (non-hydrogen) atoms. The summed E-state index contributed by atoms with van der Waals surface area (Å²) in [4.78, 5) is 44.3. The Balaban J connectivity index is 2.69. The summed E-state index contributed by atoms with van der Waals surface area (Å²) in [6.07, 6.45) is -0.477. The van der Waals surface area contributed by atoms with Gasteiger partial charge in [0.15, 0.2) is 0 Å². The van der Waals surface area contributed by atoms with Crippen LogP contribution in [0.25, 0.3) is 0 Å². The van der Waals surface area contributed by atoms with Crippen LogP contribution in [0.15, 0.2) is 24.3 Å². The Bertz CT molecular complexity index is 950. The first-order valence-corrected chi connectivity index (χ1v) is 7.77. The molecule has 0 aromatic heterocycles. The summed E-state index contributed by atoms with van der Waals surface area (Å²) < 4.78 is 8.95. The molecule has 0 bridgehead atoms. The van der Waals surface area contributed by atoms with Crippen LogP contribution in [-0.4, -0.2) is 46.2 Å². The number of benzene rings is 2. The molecule has 0 atom stereocenters. The molecular formula is C17H14N2O10. The van der Waals surface area contributed by atoms with Crippen LogP contribution in [0.5, 0.6) is 11.5 Å². The Morgan fingerprint density at radius 2 is 1.17 bits per heavy atom. The van der Waals surface area contributed by atoms with Crippen molar-refractivity contribution in [2.45, 2.75) is 6.42 Å². The molecule has 0 aliphatic heterocycles. The minimum absolute atomic E-state index is 0.203. The van der Waals surface area contributed by atoms with E-state index < -0.39 is 62.2 Å². The third-order valence-corrected chi connectivity index (χ3v) is 3.96. The molecule has 12 nitrogen and oxygen atoms in total. The second-order valence-electron chi connectivity index (χ2n) is 5.68. The first-order chi connectivity index (χ1) is 13.6.